The van der Waals surface area contributed by atoms with Crippen molar-refractivity contribution in [2.45, 2.75) is 19.0 Å². The van der Waals surface area contributed by atoms with Gasteiger partial charge in [-0.25, -0.2) is 19.9 Å². The van der Waals surface area contributed by atoms with Crippen molar-refractivity contribution in [2.75, 3.05) is 44.5 Å². The number of likely N-dealkylation sites (tertiary alicyclic amines) is 1. The molecule has 2 aromatic heterocycles. The molecule has 3 heterocycles. The van der Waals surface area contributed by atoms with E-state index in [9.17, 15) is 0 Å². The lowest BCUT2D eigenvalue weighted by Gasteiger charge is -2.17. The summed E-state index contributed by atoms with van der Waals surface area (Å²) in [6.07, 6.45) is 6.39. The van der Waals surface area contributed by atoms with Crippen molar-refractivity contribution in [2.24, 2.45) is 0 Å². The molecule has 0 aromatic carbocycles. The fraction of sp³-hybridized carbons (Fsp3) is 0.500. The van der Waals surface area contributed by atoms with Gasteiger partial charge in [0.15, 0.2) is 0 Å². The van der Waals surface area contributed by atoms with Gasteiger partial charge in [0.05, 0.1) is 7.11 Å². The van der Waals surface area contributed by atoms with Crippen LogP contribution in [0.3, 0.4) is 0 Å². The maximum absolute atomic E-state index is 5.13. The average Bonchev–Trinajstić information content (AvgIpc) is 3.02. The highest BCUT2D eigenvalue weighted by molar-refractivity contribution is 5.38. The van der Waals surface area contributed by atoms with E-state index >= 15 is 0 Å². The fourth-order valence-corrected chi connectivity index (χ4v) is 2.75. The number of ether oxygens (including phenoxy) is 1. The minimum Gasteiger partial charge on any atom is -0.481 e. The van der Waals surface area contributed by atoms with Gasteiger partial charge < -0.3 is 15.0 Å². The Balaban J connectivity index is 1.53. The summed E-state index contributed by atoms with van der Waals surface area (Å²) in [5, 5.41) is 3.44. The average molecular weight is 329 g/mol. The number of anilines is 2. The molecule has 128 valence electrons. The number of rotatable bonds is 6. The number of nitrogens with zero attached hydrogens (tertiary/aromatic N) is 6. The summed E-state index contributed by atoms with van der Waals surface area (Å²) in [4.78, 5) is 21.3. The first kappa shape index (κ1) is 16.4. The number of hydrogen-bond acceptors (Lipinski definition) is 8. The second-order valence-electron chi connectivity index (χ2n) is 6.10. The largest absolute Gasteiger partial charge is 0.481 e. The molecule has 0 spiro atoms. The highest BCUT2D eigenvalue weighted by atomic mass is 16.5. The van der Waals surface area contributed by atoms with Gasteiger partial charge in [-0.15, -0.1) is 0 Å². The Morgan fingerprint density at radius 1 is 1.25 bits per heavy atom. The Bertz CT molecular complexity index is 662. The molecule has 1 fully saturated rings. The molecule has 24 heavy (non-hydrogen) atoms. The molecule has 1 saturated heterocycles. The van der Waals surface area contributed by atoms with Gasteiger partial charge in [0.1, 0.15) is 12.1 Å². The lowest BCUT2D eigenvalue weighted by atomic mass is 10.2. The summed E-state index contributed by atoms with van der Waals surface area (Å²) < 4.78 is 5.13. The van der Waals surface area contributed by atoms with Crippen LogP contribution in [0.1, 0.15) is 12.0 Å². The van der Waals surface area contributed by atoms with Crippen LogP contribution < -0.4 is 15.0 Å². The van der Waals surface area contributed by atoms with Gasteiger partial charge in [0.2, 0.25) is 11.8 Å². The summed E-state index contributed by atoms with van der Waals surface area (Å²) in [5.74, 6) is 2.10. The van der Waals surface area contributed by atoms with Crippen molar-refractivity contribution in [1.29, 1.82) is 0 Å². The van der Waals surface area contributed by atoms with Crippen molar-refractivity contribution in [1.82, 2.24) is 24.8 Å². The first-order chi connectivity index (χ1) is 11.6. The molecule has 1 unspecified atom stereocenters. The quantitative estimate of drug-likeness (QED) is 0.842. The zero-order chi connectivity index (χ0) is 16.9. The predicted molar refractivity (Wildman–Crippen MR) is 92.2 cm³/mol. The van der Waals surface area contributed by atoms with Gasteiger partial charge in [-0.3, -0.25) is 4.90 Å². The number of methoxy groups -OCH3 is 1. The zero-order valence-electron chi connectivity index (χ0n) is 14.3. The monoisotopic (exact) mass is 329 g/mol. The van der Waals surface area contributed by atoms with Crippen LogP contribution in [0.15, 0.2) is 24.8 Å². The third-order valence-electron chi connectivity index (χ3n) is 3.97. The zero-order valence-corrected chi connectivity index (χ0v) is 14.3. The van der Waals surface area contributed by atoms with Crippen LogP contribution in [0.4, 0.5) is 11.8 Å². The second-order valence-corrected chi connectivity index (χ2v) is 6.10. The molecular formula is C16H23N7O. The van der Waals surface area contributed by atoms with Crippen LogP contribution in [0.25, 0.3) is 0 Å². The minimum absolute atomic E-state index is 0.367. The van der Waals surface area contributed by atoms with E-state index in [0.717, 1.165) is 43.4 Å². The van der Waals surface area contributed by atoms with E-state index in [2.05, 4.69) is 30.2 Å². The van der Waals surface area contributed by atoms with Crippen molar-refractivity contribution < 1.29 is 4.74 Å². The number of aromatic nitrogens is 4. The Kier molecular flexibility index (Phi) is 5.05. The standard InChI is InChI=1S/C16H23N7O/c1-22(2)16-17-7-12(8-18-16)9-23-5-4-13(10-23)21-14-6-15(24-3)20-11-19-14/h6-8,11,13H,4-5,9-10H2,1-3H3,(H,19,20,21). The Labute approximate surface area is 141 Å². The molecule has 0 radical (unpaired) electrons. The molecule has 2 aromatic rings. The SMILES string of the molecule is COc1cc(NC2CCN(Cc3cnc(N(C)C)nc3)C2)ncn1. The Hall–Kier alpha value is -2.48. The van der Waals surface area contributed by atoms with E-state index in [0.29, 0.717) is 11.9 Å². The number of hydrogen-bond donors (Lipinski definition) is 1. The molecule has 8 heteroatoms. The van der Waals surface area contributed by atoms with E-state index < -0.39 is 0 Å². The first-order valence-electron chi connectivity index (χ1n) is 7.97. The fourth-order valence-electron chi connectivity index (χ4n) is 2.75. The van der Waals surface area contributed by atoms with Crippen molar-refractivity contribution in [3.05, 3.63) is 30.4 Å². The van der Waals surface area contributed by atoms with E-state index in [-0.39, 0.29) is 0 Å². The van der Waals surface area contributed by atoms with E-state index in [4.69, 9.17) is 4.74 Å². The van der Waals surface area contributed by atoms with Gasteiger partial charge in [0, 0.05) is 63.8 Å². The lowest BCUT2D eigenvalue weighted by molar-refractivity contribution is 0.328. The van der Waals surface area contributed by atoms with Crippen LogP contribution in [0, 0.1) is 0 Å². The molecule has 0 bridgehead atoms. The summed E-state index contributed by atoms with van der Waals surface area (Å²) in [6, 6.07) is 2.18. The molecule has 3 rings (SSSR count). The summed E-state index contributed by atoms with van der Waals surface area (Å²) >= 11 is 0. The lowest BCUT2D eigenvalue weighted by Crippen LogP contribution is -2.26. The Morgan fingerprint density at radius 3 is 2.75 bits per heavy atom. The summed E-state index contributed by atoms with van der Waals surface area (Å²) in [5.41, 5.74) is 1.13. The van der Waals surface area contributed by atoms with Crippen LogP contribution in [0.5, 0.6) is 5.88 Å². The van der Waals surface area contributed by atoms with Crippen molar-refractivity contribution in [3.8, 4) is 5.88 Å². The van der Waals surface area contributed by atoms with Gasteiger partial charge in [-0.2, -0.15) is 0 Å². The van der Waals surface area contributed by atoms with Gasteiger partial charge in [0.25, 0.3) is 0 Å². The molecule has 1 aliphatic rings. The minimum atomic E-state index is 0.367. The highest BCUT2D eigenvalue weighted by Gasteiger charge is 2.23. The maximum atomic E-state index is 5.13. The predicted octanol–water partition coefficient (Wildman–Crippen LogP) is 1.03. The van der Waals surface area contributed by atoms with E-state index in [1.165, 1.54) is 6.33 Å². The molecule has 0 amide bonds. The van der Waals surface area contributed by atoms with Crippen LogP contribution in [-0.2, 0) is 6.54 Å². The smallest absolute Gasteiger partial charge is 0.224 e. The van der Waals surface area contributed by atoms with Crippen LogP contribution in [-0.4, -0.2) is 65.2 Å². The summed E-state index contributed by atoms with van der Waals surface area (Å²) in [7, 11) is 5.48. The first-order valence-corrected chi connectivity index (χ1v) is 7.97. The third-order valence-corrected chi connectivity index (χ3v) is 3.97. The van der Waals surface area contributed by atoms with Crippen LogP contribution in [0.2, 0.25) is 0 Å². The highest BCUT2D eigenvalue weighted by Crippen LogP contribution is 2.18. The topological polar surface area (TPSA) is 79.3 Å². The normalized spacial score (nSPS) is 17.7. The van der Waals surface area contributed by atoms with Gasteiger partial charge >= 0.3 is 0 Å². The van der Waals surface area contributed by atoms with Gasteiger partial charge in [-0.05, 0) is 6.42 Å². The van der Waals surface area contributed by atoms with E-state index in [1.54, 1.807) is 7.11 Å². The maximum Gasteiger partial charge on any atom is 0.224 e. The van der Waals surface area contributed by atoms with Gasteiger partial charge in [-0.1, -0.05) is 0 Å². The molecular weight excluding hydrogens is 306 g/mol. The number of nitrogens with one attached hydrogen (secondary N) is 1. The summed E-state index contributed by atoms with van der Waals surface area (Å²) in [6.45, 7) is 2.86. The van der Waals surface area contributed by atoms with Crippen molar-refractivity contribution >= 4 is 11.8 Å². The molecule has 0 saturated carbocycles. The molecule has 8 nitrogen and oxygen atoms in total. The van der Waals surface area contributed by atoms with Crippen molar-refractivity contribution in [3.63, 3.8) is 0 Å². The van der Waals surface area contributed by atoms with Crippen LogP contribution >= 0.6 is 0 Å². The molecule has 1 atom stereocenters. The molecule has 1 N–H and O–H groups in total. The molecule has 0 aliphatic carbocycles. The third kappa shape index (κ3) is 4.08. The molecule has 1 aliphatic heterocycles. The van der Waals surface area contributed by atoms with E-state index in [1.807, 2.05) is 37.5 Å². The second kappa shape index (κ2) is 7.39. The Morgan fingerprint density at radius 2 is 2.04 bits per heavy atom.